The average molecular weight is 507 g/mol. The maximum absolute atomic E-state index is 13.0. The standard InChI is InChI=1S/C24H16N2O7S.C2H6/c27-19-12-15(26(32)33)11-17(22(19)28)13-4-3-5-14(10-13)23(29)25-18-7-2-1-6-16(18)20-8-9-21(34-20)24(30)31;1-2/h1-12,27-28H,(H,25,29)(H,30,31);1-2H3. The van der Waals surface area contributed by atoms with E-state index in [1.807, 2.05) is 13.8 Å². The number of hydrogen-bond donors (Lipinski definition) is 4. The number of hydrogen-bond acceptors (Lipinski definition) is 7. The molecule has 0 fully saturated rings. The Hall–Kier alpha value is -4.70. The van der Waals surface area contributed by atoms with Crippen LogP contribution in [-0.2, 0) is 0 Å². The van der Waals surface area contributed by atoms with Crippen LogP contribution >= 0.6 is 11.3 Å². The van der Waals surface area contributed by atoms with Gasteiger partial charge < -0.3 is 20.6 Å². The highest BCUT2D eigenvalue weighted by atomic mass is 32.1. The van der Waals surface area contributed by atoms with Crippen molar-refractivity contribution in [2.45, 2.75) is 13.8 Å². The van der Waals surface area contributed by atoms with Gasteiger partial charge in [0, 0.05) is 33.3 Å². The van der Waals surface area contributed by atoms with Crippen LogP contribution in [0.25, 0.3) is 21.6 Å². The molecule has 36 heavy (non-hydrogen) atoms. The molecule has 9 nitrogen and oxygen atoms in total. The van der Waals surface area contributed by atoms with Crippen molar-refractivity contribution >= 4 is 34.6 Å². The molecule has 0 atom stereocenters. The number of aromatic hydroxyl groups is 2. The van der Waals surface area contributed by atoms with Crippen molar-refractivity contribution in [3.63, 3.8) is 0 Å². The molecule has 1 heterocycles. The number of phenolic OH excluding ortho intramolecular Hbond substituents is 2. The second kappa shape index (κ2) is 11.2. The zero-order valence-corrected chi connectivity index (χ0v) is 20.1. The van der Waals surface area contributed by atoms with E-state index in [-0.39, 0.29) is 16.0 Å². The second-order valence-electron chi connectivity index (χ2n) is 7.17. The number of nitrogens with zero attached hydrogens (tertiary/aromatic N) is 1. The Kier molecular flexibility index (Phi) is 8.03. The van der Waals surface area contributed by atoms with Crippen LogP contribution in [0.2, 0.25) is 0 Å². The summed E-state index contributed by atoms with van der Waals surface area (Å²) in [4.78, 5) is 35.5. The number of nitro groups is 1. The summed E-state index contributed by atoms with van der Waals surface area (Å²) in [5.74, 6) is -2.71. The third kappa shape index (κ3) is 5.50. The van der Waals surface area contributed by atoms with Gasteiger partial charge in [-0.15, -0.1) is 11.3 Å². The molecular formula is C26H22N2O7S. The third-order valence-corrected chi connectivity index (χ3v) is 6.09. The van der Waals surface area contributed by atoms with Gasteiger partial charge in [0.15, 0.2) is 11.5 Å². The molecule has 0 bridgehead atoms. The summed E-state index contributed by atoms with van der Waals surface area (Å²) in [5.41, 5.74) is 1.20. The molecule has 0 radical (unpaired) electrons. The van der Waals surface area contributed by atoms with Gasteiger partial charge in [-0.3, -0.25) is 14.9 Å². The van der Waals surface area contributed by atoms with Crippen LogP contribution in [0.3, 0.4) is 0 Å². The highest BCUT2D eigenvalue weighted by molar-refractivity contribution is 7.17. The highest BCUT2D eigenvalue weighted by Gasteiger charge is 2.19. The van der Waals surface area contributed by atoms with Crippen molar-refractivity contribution in [3.8, 4) is 33.1 Å². The van der Waals surface area contributed by atoms with Crippen molar-refractivity contribution in [2.24, 2.45) is 0 Å². The maximum atomic E-state index is 13.0. The largest absolute Gasteiger partial charge is 0.504 e. The Morgan fingerprint density at radius 3 is 2.31 bits per heavy atom. The Morgan fingerprint density at radius 1 is 0.917 bits per heavy atom. The number of para-hydroxylation sites is 1. The van der Waals surface area contributed by atoms with Gasteiger partial charge in [-0.1, -0.05) is 44.2 Å². The molecule has 0 aliphatic carbocycles. The number of non-ortho nitro benzene ring substituents is 1. The van der Waals surface area contributed by atoms with Crippen LogP contribution in [0.15, 0.2) is 72.8 Å². The van der Waals surface area contributed by atoms with Gasteiger partial charge in [-0.2, -0.15) is 0 Å². The normalized spacial score (nSPS) is 10.2. The minimum Gasteiger partial charge on any atom is -0.504 e. The molecule has 4 N–H and O–H groups in total. The number of anilines is 1. The van der Waals surface area contributed by atoms with Gasteiger partial charge in [-0.05, 0) is 35.9 Å². The summed E-state index contributed by atoms with van der Waals surface area (Å²) in [6, 6.07) is 18.1. The molecule has 0 aliphatic rings. The number of carboxylic acid groups (broad SMARTS) is 1. The van der Waals surface area contributed by atoms with Crippen molar-refractivity contribution < 1.29 is 29.8 Å². The van der Waals surface area contributed by atoms with Crippen LogP contribution in [0, 0.1) is 10.1 Å². The Morgan fingerprint density at radius 2 is 1.64 bits per heavy atom. The topological polar surface area (TPSA) is 150 Å². The number of carbonyl (C=O) groups excluding carboxylic acids is 1. The summed E-state index contributed by atoms with van der Waals surface area (Å²) < 4.78 is 0. The van der Waals surface area contributed by atoms with Crippen molar-refractivity contribution in [1.29, 1.82) is 0 Å². The average Bonchev–Trinajstić information content (AvgIpc) is 3.38. The van der Waals surface area contributed by atoms with Crippen molar-refractivity contribution in [2.75, 3.05) is 5.32 Å². The van der Waals surface area contributed by atoms with Gasteiger partial charge in [0.1, 0.15) is 4.88 Å². The highest BCUT2D eigenvalue weighted by Crippen LogP contribution is 2.40. The number of aromatic carboxylic acids is 1. The van der Waals surface area contributed by atoms with Crippen LogP contribution in [0.5, 0.6) is 11.5 Å². The van der Waals surface area contributed by atoms with E-state index in [1.165, 1.54) is 18.2 Å². The van der Waals surface area contributed by atoms with E-state index >= 15 is 0 Å². The third-order valence-electron chi connectivity index (χ3n) is 4.98. The van der Waals surface area contributed by atoms with E-state index in [0.717, 1.165) is 23.5 Å². The van der Waals surface area contributed by atoms with Gasteiger partial charge in [0.2, 0.25) is 0 Å². The van der Waals surface area contributed by atoms with Gasteiger partial charge in [0.05, 0.1) is 11.0 Å². The molecule has 4 aromatic rings. The molecule has 0 spiro atoms. The first-order valence-electron chi connectivity index (χ1n) is 10.8. The van der Waals surface area contributed by atoms with Gasteiger partial charge in [0.25, 0.3) is 11.6 Å². The number of thiophene rings is 1. The molecule has 0 unspecified atom stereocenters. The fraction of sp³-hybridized carbons (Fsp3) is 0.0769. The number of carboxylic acids is 1. The smallest absolute Gasteiger partial charge is 0.345 e. The van der Waals surface area contributed by atoms with Crippen LogP contribution < -0.4 is 5.32 Å². The molecular weight excluding hydrogens is 484 g/mol. The molecule has 0 aliphatic heterocycles. The fourth-order valence-electron chi connectivity index (χ4n) is 3.36. The molecule has 184 valence electrons. The Bertz CT molecular complexity index is 1450. The molecule has 10 heteroatoms. The quantitative estimate of drug-likeness (QED) is 0.135. The molecule has 0 saturated heterocycles. The van der Waals surface area contributed by atoms with E-state index < -0.39 is 34.0 Å². The summed E-state index contributed by atoms with van der Waals surface area (Å²) in [7, 11) is 0. The molecule has 1 amide bonds. The van der Waals surface area contributed by atoms with Gasteiger partial charge in [-0.25, -0.2) is 4.79 Å². The predicted octanol–water partition coefficient (Wildman–Crippen LogP) is 6.38. The number of nitrogens with one attached hydrogen (secondary N) is 1. The number of rotatable bonds is 6. The lowest BCUT2D eigenvalue weighted by Gasteiger charge is -2.11. The number of carbonyl (C=O) groups is 2. The van der Waals surface area contributed by atoms with E-state index in [4.69, 9.17) is 0 Å². The van der Waals surface area contributed by atoms with Crippen LogP contribution in [0.4, 0.5) is 11.4 Å². The van der Waals surface area contributed by atoms with Gasteiger partial charge >= 0.3 is 5.97 Å². The summed E-state index contributed by atoms with van der Waals surface area (Å²) >= 11 is 1.08. The Labute approximate surface area is 210 Å². The van der Waals surface area contributed by atoms with E-state index in [1.54, 1.807) is 42.5 Å². The minimum absolute atomic E-state index is 0.00142. The zero-order valence-electron chi connectivity index (χ0n) is 19.3. The van der Waals surface area contributed by atoms with Crippen LogP contribution in [-0.4, -0.2) is 32.1 Å². The first kappa shape index (κ1) is 25.9. The molecule has 3 aromatic carbocycles. The molecule has 0 saturated carbocycles. The lowest BCUT2D eigenvalue weighted by atomic mass is 10.0. The number of nitro benzene ring substituents is 1. The molecule has 1 aromatic heterocycles. The summed E-state index contributed by atoms with van der Waals surface area (Å²) in [6.45, 7) is 4.00. The Balaban J connectivity index is 0.00000176. The zero-order chi connectivity index (χ0) is 26.4. The van der Waals surface area contributed by atoms with Crippen molar-refractivity contribution in [1.82, 2.24) is 0 Å². The predicted molar refractivity (Wildman–Crippen MR) is 138 cm³/mol. The monoisotopic (exact) mass is 506 g/mol. The SMILES string of the molecule is CC.O=C(Nc1ccccc1-c1ccc(C(=O)O)s1)c1cccc(-c2cc([N+](=O)[O-])cc(O)c2O)c1. The lowest BCUT2D eigenvalue weighted by Crippen LogP contribution is -2.12. The van der Waals surface area contributed by atoms with E-state index in [2.05, 4.69) is 5.32 Å². The second-order valence-corrected chi connectivity index (χ2v) is 8.25. The van der Waals surface area contributed by atoms with Crippen molar-refractivity contribution in [3.05, 3.63) is 93.4 Å². The summed E-state index contributed by atoms with van der Waals surface area (Å²) in [5, 5.41) is 43.2. The fourth-order valence-corrected chi connectivity index (χ4v) is 4.24. The minimum atomic E-state index is -1.04. The van der Waals surface area contributed by atoms with E-state index in [9.17, 15) is 35.0 Å². The number of benzene rings is 3. The van der Waals surface area contributed by atoms with Crippen LogP contribution in [0.1, 0.15) is 33.9 Å². The lowest BCUT2D eigenvalue weighted by molar-refractivity contribution is -0.384. The number of phenols is 2. The number of amides is 1. The molecule has 4 rings (SSSR count). The first-order valence-corrected chi connectivity index (χ1v) is 11.6. The van der Waals surface area contributed by atoms with E-state index in [0.29, 0.717) is 21.7 Å². The first-order chi connectivity index (χ1) is 17.2. The summed E-state index contributed by atoms with van der Waals surface area (Å²) in [6.07, 6.45) is 0. The maximum Gasteiger partial charge on any atom is 0.345 e.